The summed E-state index contributed by atoms with van der Waals surface area (Å²) in [5.41, 5.74) is 1.87. The van der Waals surface area contributed by atoms with E-state index in [0.29, 0.717) is 5.02 Å². The lowest BCUT2D eigenvalue weighted by Crippen LogP contribution is -2.51. The Balaban J connectivity index is 1.50. The van der Waals surface area contributed by atoms with Gasteiger partial charge in [0.15, 0.2) is 6.61 Å². The predicted octanol–water partition coefficient (Wildman–Crippen LogP) is 5.04. The summed E-state index contributed by atoms with van der Waals surface area (Å²) in [6.45, 7) is -0.258. The molecule has 0 saturated carbocycles. The molecule has 11 heteroatoms. The number of hydrogen-bond donors (Lipinski definition) is 2. The molecule has 0 radical (unpaired) electrons. The van der Waals surface area contributed by atoms with E-state index in [4.69, 9.17) is 16.3 Å². The van der Waals surface area contributed by atoms with Gasteiger partial charge in [0, 0.05) is 30.7 Å². The summed E-state index contributed by atoms with van der Waals surface area (Å²) in [5.74, 6) is -0.994. The largest absolute Gasteiger partial charge is 0.484 e. The Kier molecular flexibility index (Phi) is 10.2. The Hall–Kier alpha value is -4.41. The number of amides is 2. The van der Waals surface area contributed by atoms with Crippen molar-refractivity contribution >= 4 is 39.1 Å². The molecule has 0 aliphatic heterocycles. The summed E-state index contributed by atoms with van der Waals surface area (Å²) < 4.78 is 46.7. The smallest absolute Gasteiger partial charge is 0.261 e. The lowest BCUT2D eigenvalue weighted by Gasteiger charge is -2.31. The minimum Gasteiger partial charge on any atom is -0.484 e. The third-order valence-corrected chi connectivity index (χ3v) is 8.03. The third kappa shape index (κ3) is 8.31. The molecule has 4 rings (SSSR count). The van der Waals surface area contributed by atoms with Gasteiger partial charge in [-0.15, -0.1) is 0 Å². The highest BCUT2D eigenvalue weighted by atomic mass is 35.5. The van der Waals surface area contributed by atoms with E-state index in [9.17, 15) is 22.4 Å². The van der Waals surface area contributed by atoms with Gasteiger partial charge in [-0.2, -0.15) is 0 Å². The normalized spacial score (nSPS) is 11.8. The number of nitrogens with zero attached hydrogens (tertiary/aromatic N) is 1. The van der Waals surface area contributed by atoms with Crippen LogP contribution in [0.25, 0.3) is 0 Å². The average Bonchev–Trinajstić information content (AvgIpc) is 3.00. The van der Waals surface area contributed by atoms with Gasteiger partial charge in [0.05, 0.1) is 4.90 Å². The maximum Gasteiger partial charge on any atom is 0.261 e. The van der Waals surface area contributed by atoms with Crippen molar-refractivity contribution in [3.05, 3.63) is 125 Å². The van der Waals surface area contributed by atoms with E-state index in [1.165, 1.54) is 48.3 Å². The highest BCUT2D eigenvalue weighted by Crippen LogP contribution is 2.21. The maximum atomic E-state index is 13.6. The SMILES string of the molecule is CNC(=O)[C@H](Cc1ccccc1)N(Cc1ccc(Cl)cc1)C(=O)COc1ccc(S(=O)(=O)Nc2ccc(F)cc2)cc1. The zero-order valence-corrected chi connectivity index (χ0v) is 24.2. The molecule has 1 atom stereocenters. The number of halogens is 2. The van der Waals surface area contributed by atoms with Crippen molar-refractivity contribution in [2.24, 2.45) is 0 Å². The highest BCUT2D eigenvalue weighted by Gasteiger charge is 2.30. The van der Waals surface area contributed by atoms with Crippen LogP contribution in [0.2, 0.25) is 5.02 Å². The van der Waals surface area contributed by atoms with Crippen LogP contribution in [0, 0.1) is 5.82 Å². The first-order valence-corrected chi connectivity index (χ1v) is 14.8. The number of benzene rings is 4. The van der Waals surface area contributed by atoms with Crippen LogP contribution in [0.5, 0.6) is 5.75 Å². The van der Waals surface area contributed by atoms with E-state index in [0.717, 1.165) is 23.3 Å². The van der Waals surface area contributed by atoms with Crippen molar-refractivity contribution in [2.75, 3.05) is 18.4 Å². The summed E-state index contributed by atoms with van der Waals surface area (Å²) in [6, 6.07) is 26.0. The van der Waals surface area contributed by atoms with E-state index >= 15 is 0 Å². The number of sulfonamides is 1. The Bertz CT molecular complexity index is 1600. The van der Waals surface area contributed by atoms with Gasteiger partial charge in [0.25, 0.3) is 15.9 Å². The Morgan fingerprint density at radius 1 is 0.881 bits per heavy atom. The lowest BCUT2D eigenvalue weighted by atomic mass is 10.0. The quantitative estimate of drug-likeness (QED) is 0.234. The molecule has 0 aromatic heterocycles. The van der Waals surface area contributed by atoms with E-state index in [1.54, 1.807) is 24.3 Å². The molecule has 0 bridgehead atoms. The average molecular weight is 610 g/mol. The summed E-state index contributed by atoms with van der Waals surface area (Å²) in [6.07, 6.45) is 0.285. The van der Waals surface area contributed by atoms with Crippen LogP contribution in [0.15, 0.2) is 108 Å². The molecule has 0 fully saturated rings. The molecule has 4 aromatic carbocycles. The van der Waals surface area contributed by atoms with Crippen LogP contribution >= 0.6 is 11.6 Å². The zero-order valence-electron chi connectivity index (χ0n) is 22.7. The fourth-order valence-electron chi connectivity index (χ4n) is 4.18. The Labute approximate surface area is 249 Å². The Morgan fingerprint density at radius 3 is 2.14 bits per heavy atom. The molecule has 4 aromatic rings. The van der Waals surface area contributed by atoms with Crippen molar-refractivity contribution in [3.8, 4) is 5.75 Å². The first-order chi connectivity index (χ1) is 20.1. The standard InChI is InChI=1S/C31H29ClFN3O5S/c1-34-31(38)29(19-22-5-3-2-4-6-22)36(20-23-7-9-24(32)10-8-23)30(37)21-41-27-15-17-28(18-16-27)42(39,40)35-26-13-11-25(33)12-14-26/h2-18,29,35H,19-21H2,1H3,(H,34,38)/t29-/m0/s1. The minimum atomic E-state index is -3.94. The summed E-state index contributed by atoms with van der Waals surface area (Å²) >= 11 is 6.04. The zero-order chi connectivity index (χ0) is 30.1. The van der Waals surface area contributed by atoms with Gasteiger partial charge in [0.1, 0.15) is 17.6 Å². The molecule has 0 spiro atoms. The van der Waals surface area contributed by atoms with Crippen molar-refractivity contribution in [3.63, 3.8) is 0 Å². The second-order valence-electron chi connectivity index (χ2n) is 9.34. The molecule has 0 heterocycles. The fourth-order valence-corrected chi connectivity index (χ4v) is 5.37. The number of hydrogen-bond acceptors (Lipinski definition) is 5. The van der Waals surface area contributed by atoms with Gasteiger partial charge in [-0.1, -0.05) is 54.1 Å². The number of likely N-dealkylation sites (N-methyl/N-ethyl adjacent to an activating group) is 1. The molecule has 42 heavy (non-hydrogen) atoms. The molecule has 8 nitrogen and oxygen atoms in total. The van der Waals surface area contributed by atoms with Crippen molar-refractivity contribution in [2.45, 2.75) is 23.9 Å². The Morgan fingerprint density at radius 2 is 1.52 bits per heavy atom. The molecule has 0 aliphatic rings. The first-order valence-electron chi connectivity index (χ1n) is 13.0. The van der Waals surface area contributed by atoms with Crippen LogP contribution in [-0.4, -0.2) is 44.8 Å². The molecule has 0 unspecified atom stereocenters. The van der Waals surface area contributed by atoms with E-state index < -0.39 is 34.4 Å². The molecular formula is C31H29ClFN3O5S. The van der Waals surface area contributed by atoms with E-state index in [1.807, 2.05) is 30.3 Å². The van der Waals surface area contributed by atoms with Crippen molar-refractivity contribution in [1.29, 1.82) is 0 Å². The summed E-state index contributed by atoms with van der Waals surface area (Å²) in [5, 5.41) is 3.20. The van der Waals surface area contributed by atoms with Crippen LogP contribution in [0.4, 0.5) is 10.1 Å². The monoisotopic (exact) mass is 609 g/mol. The summed E-state index contributed by atoms with van der Waals surface area (Å²) in [4.78, 5) is 28.0. The minimum absolute atomic E-state index is 0.0441. The van der Waals surface area contributed by atoms with Crippen molar-refractivity contribution in [1.82, 2.24) is 10.2 Å². The summed E-state index contributed by atoms with van der Waals surface area (Å²) in [7, 11) is -2.42. The lowest BCUT2D eigenvalue weighted by molar-refractivity contribution is -0.142. The number of rotatable bonds is 12. The van der Waals surface area contributed by atoms with Gasteiger partial charge in [0.2, 0.25) is 5.91 Å². The molecular weight excluding hydrogens is 581 g/mol. The topological polar surface area (TPSA) is 105 Å². The maximum absolute atomic E-state index is 13.6. The second-order valence-corrected chi connectivity index (χ2v) is 11.5. The van der Waals surface area contributed by atoms with Crippen molar-refractivity contribution < 1.29 is 27.1 Å². The van der Waals surface area contributed by atoms with Gasteiger partial charge in [-0.25, -0.2) is 12.8 Å². The molecule has 2 N–H and O–H groups in total. The van der Waals surface area contributed by atoms with Crippen LogP contribution in [0.1, 0.15) is 11.1 Å². The van der Waals surface area contributed by atoms with E-state index in [2.05, 4.69) is 10.0 Å². The second kappa shape index (κ2) is 14.0. The van der Waals surface area contributed by atoms with Gasteiger partial charge < -0.3 is 15.0 Å². The van der Waals surface area contributed by atoms with Gasteiger partial charge in [-0.3, -0.25) is 14.3 Å². The number of nitrogens with one attached hydrogen (secondary N) is 2. The number of carbonyl (C=O) groups is 2. The third-order valence-electron chi connectivity index (χ3n) is 6.38. The predicted molar refractivity (Wildman–Crippen MR) is 159 cm³/mol. The fraction of sp³-hybridized carbons (Fsp3) is 0.161. The molecule has 0 aliphatic carbocycles. The van der Waals surface area contributed by atoms with Crippen LogP contribution < -0.4 is 14.8 Å². The number of ether oxygens (including phenoxy) is 1. The molecule has 0 saturated heterocycles. The van der Waals surface area contributed by atoms with Crippen LogP contribution in [0.3, 0.4) is 0 Å². The van der Waals surface area contributed by atoms with E-state index in [-0.39, 0.29) is 35.2 Å². The van der Waals surface area contributed by atoms with Gasteiger partial charge in [-0.05, 0) is 71.8 Å². The molecule has 2 amide bonds. The number of anilines is 1. The van der Waals surface area contributed by atoms with Crippen LogP contribution in [-0.2, 0) is 32.6 Å². The number of carbonyl (C=O) groups excluding carboxylic acids is 2. The highest BCUT2D eigenvalue weighted by molar-refractivity contribution is 7.92. The van der Waals surface area contributed by atoms with Gasteiger partial charge >= 0.3 is 0 Å². The molecule has 218 valence electrons. The first kappa shape index (κ1) is 30.5.